The molecule has 3 aromatic rings. The van der Waals surface area contributed by atoms with Gasteiger partial charge in [0, 0.05) is 35.5 Å². The average Bonchev–Trinajstić information content (AvgIpc) is 3.18. The first-order chi connectivity index (χ1) is 15.2. The normalized spacial score (nSPS) is 13.2. The predicted molar refractivity (Wildman–Crippen MR) is 123 cm³/mol. The van der Waals surface area contributed by atoms with Crippen LogP contribution in [0.15, 0.2) is 48.7 Å². The van der Waals surface area contributed by atoms with Gasteiger partial charge in [-0.1, -0.05) is 24.0 Å². The van der Waals surface area contributed by atoms with Crippen LogP contribution in [0.4, 0.5) is 0 Å². The Morgan fingerprint density at radius 2 is 1.81 bits per heavy atom. The molecule has 1 N–H and O–H groups in total. The number of aromatic nitrogens is 2. The lowest BCUT2D eigenvalue weighted by molar-refractivity contribution is -0.146. The Balaban J connectivity index is 1.78. The highest BCUT2D eigenvalue weighted by molar-refractivity contribution is 7.92. The molecule has 168 valence electrons. The Kier molecular flexibility index (Phi) is 7.02. The molecule has 0 bridgehead atoms. The molecule has 0 aliphatic rings. The molecule has 0 aliphatic heterocycles. The van der Waals surface area contributed by atoms with E-state index in [0.29, 0.717) is 0 Å². The molecule has 0 radical (unpaired) electrons. The lowest BCUT2D eigenvalue weighted by Crippen LogP contribution is -2.45. The van der Waals surface area contributed by atoms with E-state index in [9.17, 15) is 13.2 Å². The molecule has 8 heteroatoms. The van der Waals surface area contributed by atoms with Gasteiger partial charge >= 0.3 is 5.97 Å². The number of carbonyl (C=O) groups is 1. The number of aryl methyl sites for hydroxylation is 1. The van der Waals surface area contributed by atoms with E-state index in [4.69, 9.17) is 9.84 Å². The summed E-state index contributed by atoms with van der Waals surface area (Å²) in [5.41, 5.74) is 3.24. The number of hydrogen-bond acceptors (Lipinski definition) is 6. The van der Waals surface area contributed by atoms with Gasteiger partial charge in [-0.25, -0.2) is 8.42 Å². The summed E-state index contributed by atoms with van der Waals surface area (Å²) in [6.45, 7) is 3.40. The maximum Gasteiger partial charge on any atom is 0.327 e. The number of ether oxygens (including phenoxy) is 1. The molecule has 0 saturated heterocycles. The third-order valence-corrected chi connectivity index (χ3v) is 7.39. The number of carbonyl (C=O) groups excluding carboxylic acids is 1. The zero-order chi connectivity index (χ0) is 23.4. The van der Waals surface area contributed by atoms with Crippen molar-refractivity contribution in [1.29, 1.82) is 0 Å². The Morgan fingerprint density at radius 3 is 2.44 bits per heavy atom. The highest BCUT2D eigenvalue weighted by Crippen LogP contribution is 2.24. The van der Waals surface area contributed by atoms with Gasteiger partial charge in [-0.2, -0.15) is 5.10 Å². The van der Waals surface area contributed by atoms with E-state index in [0.717, 1.165) is 33.8 Å². The molecular formula is C24H26N2O5S. The second-order valence-electron chi connectivity index (χ2n) is 7.74. The number of aliphatic hydroxyl groups is 1. The molecule has 1 aromatic heterocycles. The van der Waals surface area contributed by atoms with Gasteiger partial charge in [0.15, 0.2) is 14.6 Å². The Hall–Kier alpha value is -3.15. The summed E-state index contributed by atoms with van der Waals surface area (Å²) in [6.07, 6.45) is 2.91. The third kappa shape index (κ3) is 5.18. The van der Waals surface area contributed by atoms with Gasteiger partial charge in [-0.3, -0.25) is 9.48 Å². The van der Waals surface area contributed by atoms with E-state index in [-0.39, 0.29) is 26.2 Å². The number of sulfone groups is 1. The summed E-state index contributed by atoms with van der Waals surface area (Å²) in [6, 6.07) is 13.0. The highest BCUT2D eigenvalue weighted by atomic mass is 32.2. The smallest absolute Gasteiger partial charge is 0.327 e. The largest absolute Gasteiger partial charge is 0.465 e. The summed E-state index contributed by atoms with van der Waals surface area (Å²) in [7, 11) is -3.68. The van der Waals surface area contributed by atoms with Crippen LogP contribution in [0.5, 0.6) is 0 Å². The van der Waals surface area contributed by atoms with Crippen LogP contribution in [0.3, 0.4) is 0 Å². The van der Waals surface area contributed by atoms with Gasteiger partial charge < -0.3 is 9.84 Å². The third-order valence-electron chi connectivity index (χ3n) is 5.38. The van der Waals surface area contributed by atoms with Crippen LogP contribution in [-0.4, -0.2) is 46.9 Å². The van der Waals surface area contributed by atoms with Crippen molar-refractivity contribution < 1.29 is 23.1 Å². The first kappa shape index (κ1) is 23.5. The first-order valence-corrected chi connectivity index (χ1v) is 12.1. The molecule has 0 aliphatic carbocycles. The summed E-state index contributed by atoms with van der Waals surface area (Å²) in [4.78, 5) is 12.3. The van der Waals surface area contributed by atoms with Crippen molar-refractivity contribution in [2.45, 2.75) is 38.2 Å². The molecule has 7 nitrogen and oxygen atoms in total. The fraction of sp³-hybridized carbons (Fsp3) is 0.333. The van der Waals surface area contributed by atoms with E-state index in [2.05, 4.69) is 16.9 Å². The number of nitrogens with zero attached hydrogens (tertiary/aromatic N) is 2. The Labute approximate surface area is 187 Å². The second kappa shape index (κ2) is 9.55. The molecule has 1 heterocycles. The molecule has 0 spiro atoms. The van der Waals surface area contributed by atoms with Crippen molar-refractivity contribution in [3.05, 3.63) is 65.4 Å². The van der Waals surface area contributed by atoms with Gasteiger partial charge in [0.1, 0.15) is 0 Å². The standard InChI is InChI=1S/C24H26N2O5S/c1-4-31-23(28)24(2,32(3,29)30)13-14-26-16-21-15-19(11-12-22(21)25-26)8-5-18-6-9-20(17-27)10-7-18/h6-7,9-12,15-16,27H,4,13-14,17H2,1-3H3. The zero-order valence-corrected chi connectivity index (χ0v) is 19.1. The summed E-state index contributed by atoms with van der Waals surface area (Å²) in [5, 5.41) is 14.5. The number of aliphatic hydroxyl groups excluding tert-OH is 1. The molecule has 1 atom stereocenters. The fourth-order valence-corrected chi connectivity index (χ4v) is 3.98. The van der Waals surface area contributed by atoms with Crippen molar-refractivity contribution in [2.24, 2.45) is 0 Å². The number of rotatable bonds is 7. The highest BCUT2D eigenvalue weighted by Gasteiger charge is 2.44. The minimum Gasteiger partial charge on any atom is -0.465 e. The first-order valence-electron chi connectivity index (χ1n) is 10.2. The quantitative estimate of drug-likeness (QED) is 0.435. The van der Waals surface area contributed by atoms with E-state index in [1.165, 1.54) is 6.92 Å². The van der Waals surface area contributed by atoms with Gasteiger partial charge in [0.2, 0.25) is 0 Å². The molecule has 2 aromatic carbocycles. The van der Waals surface area contributed by atoms with E-state index in [1.54, 1.807) is 11.6 Å². The van der Waals surface area contributed by atoms with Crippen molar-refractivity contribution in [3.8, 4) is 11.8 Å². The van der Waals surface area contributed by atoms with Crippen molar-refractivity contribution in [1.82, 2.24) is 9.78 Å². The number of benzene rings is 2. The minimum absolute atomic E-state index is 0.00249. The van der Waals surface area contributed by atoms with Gasteiger partial charge in [0.25, 0.3) is 0 Å². The van der Waals surface area contributed by atoms with Crippen LogP contribution in [0.25, 0.3) is 10.9 Å². The van der Waals surface area contributed by atoms with Gasteiger partial charge in [0.05, 0.1) is 18.7 Å². The van der Waals surface area contributed by atoms with Crippen molar-refractivity contribution >= 4 is 26.7 Å². The van der Waals surface area contributed by atoms with Crippen molar-refractivity contribution in [2.75, 3.05) is 12.9 Å². The van der Waals surface area contributed by atoms with Crippen LogP contribution < -0.4 is 0 Å². The fourth-order valence-electron chi connectivity index (χ4n) is 3.16. The van der Waals surface area contributed by atoms with Crippen LogP contribution in [-0.2, 0) is 32.5 Å². The number of esters is 1. The summed E-state index contributed by atoms with van der Waals surface area (Å²) < 4.78 is 29.5. The lowest BCUT2D eigenvalue weighted by atomic mass is 10.1. The molecule has 3 rings (SSSR count). The van der Waals surface area contributed by atoms with Crippen LogP contribution in [0.1, 0.15) is 37.0 Å². The maximum absolute atomic E-state index is 12.3. The molecule has 32 heavy (non-hydrogen) atoms. The lowest BCUT2D eigenvalue weighted by Gasteiger charge is -2.25. The second-order valence-corrected chi connectivity index (χ2v) is 10.2. The minimum atomic E-state index is -3.68. The van der Waals surface area contributed by atoms with Gasteiger partial charge in [-0.05, 0) is 56.2 Å². The summed E-state index contributed by atoms with van der Waals surface area (Å²) in [5.74, 6) is 5.46. The van der Waals surface area contributed by atoms with Gasteiger partial charge in [-0.15, -0.1) is 0 Å². The monoisotopic (exact) mass is 454 g/mol. The number of hydrogen-bond donors (Lipinski definition) is 1. The Bertz CT molecular complexity index is 1280. The molecule has 0 saturated carbocycles. The predicted octanol–water partition coefficient (Wildman–Crippen LogP) is 2.68. The molecule has 0 fully saturated rings. The zero-order valence-electron chi connectivity index (χ0n) is 18.3. The Morgan fingerprint density at radius 1 is 1.16 bits per heavy atom. The van der Waals surface area contributed by atoms with Crippen LogP contribution in [0, 0.1) is 11.8 Å². The molecular weight excluding hydrogens is 428 g/mol. The van der Waals surface area contributed by atoms with Crippen LogP contribution >= 0.6 is 0 Å². The summed E-state index contributed by atoms with van der Waals surface area (Å²) >= 11 is 0. The molecule has 1 unspecified atom stereocenters. The topological polar surface area (TPSA) is 98.5 Å². The number of fused-ring (bicyclic) bond motifs is 1. The maximum atomic E-state index is 12.3. The van der Waals surface area contributed by atoms with Crippen molar-refractivity contribution in [3.63, 3.8) is 0 Å². The van der Waals surface area contributed by atoms with E-state index >= 15 is 0 Å². The van der Waals surface area contributed by atoms with Crippen LogP contribution in [0.2, 0.25) is 0 Å². The molecule has 0 amide bonds. The van der Waals surface area contributed by atoms with E-state index < -0.39 is 20.6 Å². The SMILES string of the molecule is CCOC(=O)C(C)(CCn1cc2cc(C#Cc3ccc(CO)cc3)ccc2n1)S(C)(=O)=O. The average molecular weight is 455 g/mol. The van der Waals surface area contributed by atoms with E-state index in [1.807, 2.05) is 48.7 Å².